The first-order chi connectivity index (χ1) is 21.8. The summed E-state index contributed by atoms with van der Waals surface area (Å²) in [6.07, 6.45) is 8.42. The van der Waals surface area contributed by atoms with Crippen LogP contribution in [0.4, 0.5) is 0 Å². The van der Waals surface area contributed by atoms with E-state index in [1.54, 1.807) is 17.6 Å². The van der Waals surface area contributed by atoms with E-state index in [-0.39, 0.29) is 47.9 Å². The summed E-state index contributed by atoms with van der Waals surface area (Å²) in [5.74, 6) is 0.286. The van der Waals surface area contributed by atoms with Crippen LogP contribution in [-0.4, -0.2) is 15.9 Å². The molecule has 4 nitrogen and oxygen atoms in total. The van der Waals surface area contributed by atoms with Crippen LogP contribution in [0.25, 0.3) is 52.5 Å². The molecule has 4 heterocycles. The molecule has 0 saturated heterocycles. The van der Waals surface area contributed by atoms with Gasteiger partial charge in [0.15, 0.2) is 5.78 Å². The maximum absolute atomic E-state index is 12.2. The van der Waals surface area contributed by atoms with Gasteiger partial charge in [-0.05, 0) is 76.2 Å². The predicted molar refractivity (Wildman–Crippen MR) is 198 cm³/mol. The monoisotopic (exact) mass is 845 g/mol. The molecule has 0 aliphatic heterocycles. The Bertz CT molecular complexity index is 2050. The van der Waals surface area contributed by atoms with Crippen LogP contribution in [0.5, 0.6) is 0 Å². The van der Waals surface area contributed by atoms with Gasteiger partial charge in [0.2, 0.25) is 0 Å². The molecule has 0 bridgehead atoms. The zero-order chi connectivity index (χ0) is 33.4. The van der Waals surface area contributed by atoms with Gasteiger partial charge in [-0.15, -0.1) is 34.9 Å². The number of pyridine rings is 1. The van der Waals surface area contributed by atoms with Crippen molar-refractivity contribution in [3.63, 3.8) is 0 Å². The van der Waals surface area contributed by atoms with E-state index in [0.717, 1.165) is 47.9 Å². The van der Waals surface area contributed by atoms with Crippen LogP contribution in [-0.2, 0) is 30.3 Å². The molecular formula is C40H46IrNO3S2-. The van der Waals surface area contributed by atoms with Crippen LogP contribution in [0.1, 0.15) is 93.6 Å². The molecule has 0 fully saturated rings. The van der Waals surface area contributed by atoms with Crippen LogP contribution in [0.3, 0.4) is 0 Å². The van der Waals surface area contributed by atoms with Crippen molar-refractivity contribution in [2.45, 2.75) is 93.4 Å². The van der Waals surface area contributed by atoms with Crippen LogP contribution in [0, 0.1) is 16.9 Å². The minimum atomic E-state index is -0.337. The number of nitrogens with zero attached hydrogens (tertiary/aromatic N) is 1. The molecule has 0 unspecified atom stereocenters. The van der Waals surface area contributed by atoms with Crippen molar-refractivity contribution in [1.82, 2.24) is 4.98 Å². The normalized spacial score (nSPS) is 12.8. The Morgan fingerprint density at radius 2 is 1.62 bits per heavy atom. The molecule has 4 aromatic heterocycles. The molecule has 0 spiro atoms. The number of aromatic nitrogens is 1. The molecule has 0 amide bonds. The number of furan rings is 1. The quantitative estimate of drug-likeness (QED) is 0.0942. The Balaban J connectivity index is 0.000000242. The molecule has 0 atom stereocenters. The zero-order valence-corrected chi connectivity index (χ0v) is 33.0. The van der Waals surface area contributed by atoms with Gasteiger partial charge in [-0.25, -0.2) is 0 Å². The van der Waals surface area contributed by atoms with Crippen LogP contribution < -0.4 is 0 Å². The van der Waals surface area contributed by atoms with E-state index in [1.165, 1.54) is 41.9 Å². The first-order valence-electron chi connectivity index (χ1n) is 16.4. The zero-order valence-electron chi connectivity index (χ0n) is 29.0. The van der Waals surface area contributed by atoms with Gasteiger partial charge in [0.25, 0.3) is 0 Å². The molecule has 251 valence electrons. The number of carbonyl (C=O) groups excluding carboxylic acids is 1. The number of fused-ring (bicyclic) bond motifs is 5. The molecule has 0 aliphatic rings. The number of aliphatic hydroxyl groups excluding tert-OH is 1. The fraction of sp³-hybridized carbons (Fsp3) is 0.400. The molecule has 47 heavy (non-hydrogen) atoms. The smallest absolute Gasteiger partial charge is 0.164 e. The topological polar surface area (TPSA) is 63.3 Å². The van der Waals surface area contributed by atoms with Gasteiger partial charge in [0.1, 0.15) is 11.3 Å². The van der Waals surface area contributed by atoms with Gasteiger partial charge >= 0.3 is 0 Å². The second-order valence-corrected chi connectivity index (χ2v) is 15.9. The Morgan fingerprint density at radius 3 is 2.26 bits per heavy atom. The summed E-state index contributed by atoms with van der Waals surface area (Å²) < 4.78 is 9.50. The number of thiophene rings is 2. The van der Waals surface area contributed by atoms with Gasteiger partial charge in [-0.3, -0.25) is 9.78 Å². The van der Waals surface area contributed by atoms with Crippen LogP contribution in [0.2, 0.25) is 0 Å². The number of benzene rings is 2. The molecule has 7 heteroatoms. The van der Waals surface area contributed by atoms with Crippen molar-refractivity contribution in [3.8, 4) is 11.3 Å². The fourth-order valence-electron chi connectivity index (χ4n) is 5.76. The van der Waals surface area contributed by atoms with E-state index in [0.29, 0.717) is 0 Å². The standard InChI is InChI=1S/C25H18NOS2.C15H28O2.Ir/c1-25(2,3)18-11-16(10-15-6-9-28-24(15)18)23-22-17-13-19-14(5-8-27-19)12-21(17)29-20(22)4-7-26-23;1-7-14(5,8-2)12(16)11-13(17)15(6,9-3)10-4;/h4-9,11-13H,1-3H3;11,16H,7-10H2,1-6H3;/q-1;;/b;12-11-;. The molecule has 0 saturated carbocycles. The third-order valence-electron chi connectivity index (χ3n) is 10.1. The van der Waals surface area contributed by atoms with Gasteiger partial charge in [-0.1, -0.05) is 73.4 Å². The number of allylic oxidation sites excluding steroid dienone is 2. The van der Waals surface area contributed by atoms with E-state index < -0.39 is 0 Å². The van der Waals surface area contributed by atoms with E-state index in [2.05, 4.69) is 62.5 Å². The minimum Gasteiger partial charge on any atom is -0.512 e. The third kappa shape index (κ3) is 7.15. The Labute approximate surface area is 300 Å². The number of hydrogen-bond acceptors (Lipinski definition) is 6. The summed E-state index contributed by atoms with van der Waals surface area (Å²) in [7, 11) is 0. The number of aliphatic hydroxyl groups is 1. The molecule has 6 aromatic rings. The van der Waals surface area contributed by atoms with Crippen molar-refractivity contribution < 1.29 is 34.4 Å². The van der Waals surface area contributed by atoms with E-state index in [1.807, 2.05) is 65.1 Å². The van der Waals surface area contributed by atoms with Crippen molar-refractivity contribution in [3.05, 3.63) is 77.7 Å². The Morgan fingerprint density at radius 1 is 0.936 bits per heavy atom. The average molecular weight is 845 g/mol. The SMILES string of the molecule is CC(C)(C)c1cc(-c2nccc3sc4cc5ccoc5cc4c23)[c-]c2ccsc12.CCC(C)(CC)C(=O)/C=C(\O)C(C)(CC)CC.[Ir]. The maximum Gasteiger partial charge on any atom is 0.164 e. The minimum absolute atomic E-state index is 0. The summed E-state index contributed by atoms with van der Waals surface area (Å²) in [5, 5.41) is 17.0. The third-order valence-corrected chi connectivity index (χ3v) is 12.2. The Hall–Kier alpha value is -2.83. The number of carbonyl (C=O) groups is 1. The van der Waals surface area contributed by atoms with Gasteiger partial charge in [0.05, 0.1) is 6.26 Å². The fourth-order valence-corrected chi connectivity index (χ4v) is 7.97. The van der Waals surface area contributed by atoms with Gasteiger partial charge in [0, 0.05) is 63.7 Å². The molecule has 1 radical (unpaired) electrons. The summed E-state index contributed by atoms with van der Waals surface area (Å²) in [6.45, 7) is 18.9. The van der Waals surface area contributed by atoms with Crippen molar-refractivity contribution in [2.75, 3.05) is 0 Å². The second-order valence-electron chi connectivity index (χ2n) is 13.9. The summed E-state index contributed by atoms with van der Waals surface area (Å²) >= 11 is 3.60. The second kappa shape index (κ2) is 14.3. The van der Waals surface area contributed by atoms with Crippen molar-refractivity contribution >= 4 is 69.7 Å². The first kappa shape index (κ1) is 37.0. The number of rotatable bonds is 8. The number of ketones is 1. The molecule has 1 N–H and O–H groups in total. The summed E-state index contributed by atoms with van der Waals surface area (Å²) in [6, 6.07) is 16.6. The largest absolute Gasteiger partial charge is 0.512 e. The van der Waals surface area contributed by atoms with E-state index >= 15 is 0 Å². The maximum atomic E-state index is 12.2. The number of hydrogen-bond donors (Lipinski definition) is 1. The van der Waals surface area contributed by atoms with Gasteiger partial charge < -0.3 is 9.52 Å². The van der Waals surface area contributed by atoms with E-state index in [4.69, 9.17) is 9.40 Å². The van der Waals surface area contributed by atoms with Crippen molar-refractivity contribution in [2.24, 2.45) is 10.8 Å². The average Bonchev–Trinajstić information content (AvgIpc) is 3.80. The Kier molecular flexibility index (Phi) is 11.3. The molecule has 2 aromatic carbocycles. The molecular weight excluding hydrogens is 799 g/mol. The van der Waals surface area contributed by atoms with Crippen LogP contribution >= 0.6 is 22.7 Å². The molecule has 6 rings (SSSR count). The van der Waals surface area contributed by atoms with Crippen molar-refractivity contribution in [1.29, 1.82) is 0 Å². The van der Waals surface area contributed by atoms with Crippen LogP contribution in [0.15, 0.2) is 70.5 Å². The van der Waals surface area contributed by atoms with E-state index in [9.17, 15) is 9.90 Å². The predicted octanol–water partition coefficient (Wildman–Crippen LogP) is 12.8. The van der Waals surface area contributed by atoms with Gasteiger partial charge in [-0.2, -0.15) is 11.3 Å². The first-order valence-corrected chi connectivity index (χ1v) is 18.1. The summed E-state index contributed by atoms with van der Waals surface area (Å²) in [5.41, 5.74) is 3.78. The molecule has 0 aliphatic carbocycles. The summed E-state index contributed by atoms with van der Waals surface area (Å²) in [4.78, 5) is 17.0.